The molecular weight excluding hydrogens is 422 g/mol. The molecule has 6 heteroatoms. The number of nitrogens with zero attached hydrogens (tertiary/aromatic N) is 5. The maximum absolute atomic E-state index is 13.3. The minimum absolute atomic E-state index is 0.155. The fourth-order valence-electron chi connectivity index (χ4n) is 4.68. The Hall–Kier alpha value is -3.43. The van der Waals surface area contributed by atoms with Crippen LogP contribution in [-0.4, -0.2) is 39.5 Å². The Morgan fingerprint density at radius 3 is 2.65 bits per heavy atom. The third kappa shape index (κ3) is 5.21. The van der Waals surface area contributed by atoms with Gasteiger partial charge in [-0.15, -0.1) is 0 Å². The number of amides is 1. The smallest absolute Gasteiger partial charge is 0.241 e. The molecule has 0 spiro atoms. The monoisotopic (exact) mass is 455 g/mol. The predicted octanol–water partition coefficient (Wildman–Crippen LogP) is 5.51. The summed E-state index contributed by atoms with van der Waals surface area (Å²) < 4.78 is 2.14. The van der Waals surface area contributed by atoms with Gasteiger partial charge in [-0.1, -0.05) is 56.2 Å². The van der Waals surface area contributed by atoms with Gasteiger partial charge in [0, 0.05) is 37.6 Å². The van der Waals surface area contributed by atoms with Crippen LogP contribution >= 0.6 is 0 Å². The molecule has 2 heterocycles. The molecule has 34 heavy (non-hydrogen) atoms. The van der Waals surface area contributed by atoms with Gasteiger partial charge in [0.1, 0.15) is 0 Å². The first kappa shape index (κ1) is 23.7. The number of hydrogen-bond acceptors (Lipinski definition) is 3. The molecule has 2 aromatic carbocycles. The molecule has 1 aromatic heterocycles. The summed E-state index contributed by atoms with van der Waals surface area (Å²) in [6, 6.07) is 14.2. The van der Waals surface area contributed by atoms with E-state index in [1.165, 1.54) is 11.1 Å². The van der Waals surface area contributed by atoms with Crippen LogP contribution in [0.1, 0.15) is 48.6 Å². The van der Waals surface area contributed by atoms with Gasteiger partial charge in [0.15, 0.2) is 5.69 Å². The molecule has 1 amide bonds. The van der Waals surface area contributed by atoms with Gasteiger partial charge in [-0.2, -0.15) is 0 Å². The summed E-state index contributed by atoms with van der Waals surface area (Å²) >= 11 is 0. The number of aromatic nitrogens is 2. The van der Waals surface area contributed by atoms with Crippen LogP contribution in [0.5, 0.6) is 0 Å². The minimum atomic E-state index is 0.155. The number of benzene rings is 2. The van der Waals surface area contributed by atoms with Crippen molar-refractivity contribution >= 4 is 17.3 Å². The van der Waals surface area contributed by atoms with Crippen molar-refractivity contribution in [1.82, 2.24) is 14.5 Å². The molecule has 0 N–H and O–H groups in total. The molecule has 0 aliphatic carbocycles. The summed E-state index contributed by atoms with van der Waals surface area (Å²) in [4.78, 5) is 25.5. The highest BCUT2D eigenvalue weighted by molar-refractivity contribution is 5.96. The van der Waals surface area contributed by atoms with Gasteiger partial charge < -0.3 is 9.47 Å². The molecule has 0 bridgehead atoms. The van der Waals surface area contributed by atoms with E-state index in [4.69, 9.17) is 6.57 Å². The van der Waals surface area contributed by atoms with Crippen LogP contribution in [0.3, 0.4) is 0 Å². The lowest BCUT2D eigenvalue weighted by atomic mass is 10.0. The van der Waals surface area contributed by atoms with Crippen molar-refractivity contribution in [3.05, 3.63) is 88.8 Å². The lowest BCUT2D eigenvalue weighted by Crippen LogP contribution is -2.56. The van der Waals surface area contributed by atoms with Gasteiger partial charge in [-0.25, -0.2) is 9.83 Å². The van der Waals surface area contributed by atoms with Crippen LogP contribution in [0.2, 0.25) is 0 Å². The fourth-order valence-corrected chi connectivity index (χ4v) is 4.68. The number of unbranched alkanes of at least 4 members (excludes halogenated alkanes) is 1. The van der Waals surface area contributed by atoms with E-state index in [-0.39, 0.29) is 5.91 Å². The average Bonchev–Trinajstić information content (AvgIpc) is 3.27. The summed E-state index contributed by atoms with van der Waals surface area (Å²) in [6.45, 7) is 16.1. The molecule has 1 saturated heterocycles. The maximum atomic E-state index is 13.3. The van der Waals surface area contributed by atoms with Crippen LogP contribution in [-0.2, 0) is 17.9 Å². The molecule has 3 aromatic rings. The van der Waals surface area contributed by atoms with Crippen LogP contribution in [0, 0.1) is 20.4 Å². The number of anilines is 1. The third-order valence-electron chi connectivity index (χ3n) is 6.89. The molecule has 0 unspecified atom stereocenters. The summed E-state index contributed by atoms with van der Waals surface area (Å²) in [6.07, 6.45) is 7.11. The Morgan fingerprint density at radius 2 is 1.91 bits per heavy atom. The molecule has 0 radical (unpaired) electrons. The summed E-state index contributed by atoms with van der Waals surface area (Å²) in [5.74, 6) is 0.155. The first-order valence-corrected chi connectivity index (χ1v) is 12.1. The third-order valence-corrected chi connectivity index (χ3v) is 6.89. The second-order valence-electron chi connectivity index (χ2n) is 9.22. The van der Waals surface area contributed by atoms with E-state index in [1.54, 1.807) is 0 Å². The average molecular weight is 456 g/mol. The number of piperazine rings is 1. The van der Waals surface area contributed by atoms with E-state index < -0.39 is 0 Å². The van der Waals surface area contributed by atoms with Gasteiger partial charge in [-0.3, -0.25) is 9.69 Å². The van der Waals surface area contributed by atoms with Gasteiger partial charge in [0.25, 0.3) is 0 Å². The SMILES string of the molecule is [C-]#[N+]c1ccc(Cn2cncc2CN2CC(=O)N(c3cccc(C)c3C)C[C@@H]2CCCC)cc1. The number of aryl methyl sites for hydroxylation is 1. The maximum Gasteiger partial charge on any atom is 0.241 e. The van der Waals surface area contributed by atoms with Crippen molar-refractivity contribution in [1.29, 1.82) is 0 Å². The van der Waals surface area contributed by atoms with E-state index in [9.17, 15) is 4.79 Å². The van der Waals surface area contributed by atoms with Crippen molar-refractivity contribution in [2.24, 2.45) is 0 Å². The Kier molecular flexibility index (Phi) is 7.44. The first-order valence-electron chi connectivity index (χ1n) is 12.1. The number of rotatable bonds is 8. The van der Waals surface area contributed by atoms with Crippen LogP contribution in [0.4, 0.5) is 11.4 Å². The van der Waals surface area contributed by atoms with Crippen molar-refractivity contribution in [2.45, 2.75) is 59.2 Å². The zero-order chi connectivity index (χ0) is 24.1. The lowest BCUT2D eigenvalue weighted by Gasteiger charge is -2.41. The largest absolute Gasteiger partial charge is 0.329 e. The second kappa shape index (κ2) is 10.7. The number of carbonyl (C=O) groups is 1. The number of imidazole rings is 1. The molecule has 1 fully saturated rings. The molecule has 6 nitrogen and oxygen atoms in total. The Labute approximate surface area is 202 Å². The van der Waals surface area contributed by atoms with Crippen molar-refractivity contribution in [3.63, 3.8) is 0 Å². The molecule has 4 rings (SSSR count). The summed E-state index contributed by atoms with van der Waals surface area (Å²) in [7, 11) is 0. The Balaban J connectivity index is 1.52. The van der Waals surface area contributed by atoms with Crippen molar-refractivity contribution in [3.8, 4) is 0 Å². The summed E-state index contributed by atoms with van der Waals surface area (Å²) in [5, 5.41) is 0. The number of hydrogen-bond donors (Lipinski definition) is 0. The molecule has 0 saturated carbocycles. The fraction of sp³-hybridized carbons (Fsp3) is 0.393. The molecule has 176 valence electrons. The van der Waals surface area contributed by atoms with E-state index in [0.29, 0.717) is 31.4 Å². The minimum Gasteiger partial charge on any atom is -0.329 e. The van der Waals surface area contributed by atoms with E-state index >= 15 is 0 Å². The highest BCUT2D eigenvalue weighted by Gasteiger charge is 2.33. The molecular formula is C28H33N5O. The Bertz CT molecular complexity index is 1170. The van der Waals surface area contributed by atoms with Crippen molar-refractivity contribution < 1.29 is 4.79 Å². The van der Waals surface area contributed by atoms with E-state index in [1.807, 2.05) is 47.8 Å². The quantitative estimate of drug-likeness (QED) is 0.421. The molecule has 1 aliphatic heterocycles. The van der Waals surface area contributed by atoms with Gasteiger partial charge >= 0.3 is 0 Å². The van der Waals surface area contributed by atoms with Crippen LogP contribution < -0.4 is 4.90 Å². The van der Waals surface area contributed by atoms with E-state index in [0.717, 1.165) is 42.8 Å². The highest BCUT2D eigenvalue weighted by atomic mass is 16.2. The zero-order valence-corrected chi connectivity index (χ0v) is 20.4. The van der Waals surface area contributed by atoms with Crippen molar-refractivity contribution in [2.75, 3.05) is 18.0 Å². The van der Waals surface area contributed by atoms with Gasteiger partial charge in [0.05, 0.1) is 25.1 Å². The van der Waals surface area contributed by atoms with Gasteiger partial charge in [0.2, 0.25) is 5.91 Å². The topological polar surface area (TPSA) is 45.7 Å². The Morgan fingerprint density at radius 1 is 1.12 bits per heavy atom. The highest BCUT2D eigenvalue weighted by Crippen LogP contribution is 2.28. The first-order chi connectivity index (χ1) is 16.5. The zero-order valence-electron chi connectivity index (χ0n) is 20.4. The van der Waals surface area contributed by atoms with Crippen LogP contribution in [0.25, 0.3) is 4.85 Å². The standard InChI is InChI=1S/C28H33N5O/c1-5-6-9-25-18-33(27-10-7-8-21(2)22(27)3)28(34)19-31(25)17-26-15-30-20-32(26)16-23-11-13-24(29-4)14-12-23/h7-8,10-15,20,25H,5-6,9,16-19H2,1-3H3/t25-/m0/s1. The lowest BCUT2D eigenvalue weighted by molar-refractivity contribution is -0.122. The van der Waals surface area contributed by atoms with Crippen LogP contribution in [0.15, 0.2) is 55.0 Å². The molecule has 1 aliphatic rings. The molecule has 1 atom stereocenters. The number of carbonyl (C=O) groups excluding carboxylic acids is 1. The second-order valence-corrected chi connectivity index (χ2v) is 9.22. The predicted molar refractivity (Wildman–Crippen MR) is 136 cm³/mol. The summed E-state index contributed by atoms with van der Waals surface area (Å²) in [5.41, 5.74) is 6.31. The van der Waals surface area contributed by atoms with E-state index in [2.05, 4.69) is 52.2 Å². The normalized spacial score (nSPS) is 16.6. The van der Waals surface area contributed by atoms with Gasteiger partial charge in [-0.05, 0) is 43.0 Å².